The molecule has 2 unspecified atom stereocenters. The molecule has 1 N–H and O–H groups in total. The minimum Gasteiger partial charge on any atom is -0.377 e. The molecule has 0 aromatic rings. The molecule has 16 heavy (non-hydrogen) atoms. The van der Waals surface area contributed by atoms with E-state index in [2.05, 4.69) is 24.1 Å². The van der Waals surface area contributed by atoms with E-state index < -0.39 is 0 Å². The van der Waals surface area contributed by atoms with Crippen LogP contribution >= 0.6 is 0 Å². The maximum atomic E-state index is 5.93. The second-order valence-electron chi connectivity index (χ2n) is 5.53. The van der Waals surface area contributed by atoms with E-state index in [1.807, 2.05) is 0 Å². The Kier molecular flexibility index (Phi) is 4.62. The molecule has 2 heterocycles. The Labute approximate surface area is 99.5 Å². The highest BCUT2D eigenvalue weighted by Crippen LogP contribution is 2.21. The Bertz CT molecular complexity index is 194. The number of hydrogen-bond donors (Lipinski definition) is 1. The standard InChI is InChI=1S/C13H26N2O/c1-11-9-15(10-12(11)2)7-8-16-13-3-5-14-6-4-13/h11-14H,3-10H2,1-2H3. The van der Waals surface area contributed by atoms with E-state index in [0.29, 0.717) is 6.10 Å². The van der Waals surface area contributed by atoms with Crippen molar-refractivity contribution in [3.8, 4) is 0 Å². The second-order valence-corrected chi connectivity index (χ2v) is 5.53. The summed E-state index contributed by atoms with van der Waals surface area (Å²) < 4.78 is 5.93. The van der Waals surface area contributed by atoms with Crippen LogP contribution in [0.1, 0.15) is 26.7 Å². The number of nitrogens with one attached hydrogen (secondary N) is 1. The van der Waals surface area contributed by atoms with Gasteiger partial charge in [0, 0.05) is 19.6 Å². The van der Waals surface area contributed by atoms with Crippen molar-refractivity contribution in [2.24, 2.45) is 11.8 Å². The number of nitrogens with zero attached hydrogens (tertiary/aromatic N) is 1. The highest BCUT2D eigenvalue weighted by atomic mass is 16.5. The van der Waals surface area contributed by atoms with E-state index in [0.717, 1.165) is 38.1 Å². The molecule has 94 valence electrons. The zero-order valence-corrected chi connectivity index (χ0v) is 10.7. The third-order valence-corrected chi connectivity index (χ3v) is 4.11. The molecule has 2 aliphatic rings. The van der Waals surface area contributed by atoms with Gasteiger partial charge in [0.15, 0.2) is 0 Å². The zero-order valence-electron chi connectivity index (χ0n) is 10.7. The molecule has 0 aromatic carbocycles. The van der Waals surface area contributed by atoms with E-state index in [4.69, 9.17) is 4.74 Å². The number of hydrogen-bond acceptors (Lipinski definition) is 3. The fraction of sp³-hybridized carbons (Fsp3) is 1.00. The molecular formula is C13H26N2O. The average Bonchev–Trinajstić information content (AvgIpc) is 2.60. The Hall–Kier alpha value is -0.120. The van der Waals surface area contributed by atoms with Crippen molar-refractivity contribution < 1.29 is 4.74 Å². The summed E-state index contributed by atoms with van der Waals surface area (Å²) in [5, 5.41) is 3.37. The van der Waals surface area contributed by atoms with E-state index >= 15 is 0 Å². The first-order valence-corrected chi connectivity index (χ1v) is 6.80. The average molecular weight is 226 g/mol. The number of likely N-dealkylation sites (tertiary alicyclic amines) is 1. The first-order valence-electron chi connectivity index (χ1n) is 6.80. The van der Waals surface area contributed by atoms with Gasteiger partial charge in [0.05, 0.1) is 12.7 Å². The Morgan fingerprint density at radius 1 is 1.12 bits per heavy atom. The Balaban J connectivity index is 1.57. The van der Waals surface area contributed by atoms with Crippen molar-refractivity contribution in [2.45, 2.75) is 32.8 Å². The summed E-state index contributed by atoms with van der Waals surface area (Å²) in [6.45, 7) is 11.5. The molecule has 3 nitrogen and oxygen atoms in total. The molecule has 2 saturated heterocycles. The van der Waals surface area contributed by atoms with Crippen LogP contribution in [-0.4, -0.2) is 50.3 Å². The van der Waals surface area contributed by atoms with Crippen molar-refractivity contribution in [2.75, 3.05) is 39.3 Å². The molecule has 2 aliphatic heterocycles. The van der Waals surface area contributed by atoms with Crippen LogP contribution in [0.15, 0.2) is 0 Å². The maximum Gasteiger partial charge on any atom is 0.0600 e. The van der Waals surface area contributed by atoms with Crippen LogP contribution in [0.25, 0.3) is 0 Å². The van der Waals surface area contributed by atoms with Crippen LogP contribution in [0.2, 0.25) is 0 Å². The molecule has 2 rings (SSSR count). The number of piperidine rings is 1. The van der Waals surface area contributed by atoms with Gasteiger partial charge in [0.25, 0.3) is 0 Å². The molecule has 0 bridgehead atoms. The third-order valence-electron chi connectivity index (χ3n) is 4.11. The minimum atomic E-state index is 0.513. The highest BCUT2D eigenvalue weighted by Gasteiger charge is 2.25. The third kappa shape index (κ3) is 3.44. The maximum absolute atomic E-state index is 5.93. The lowest BCUT2D eigenvalue weighted by molar-refractivity contribution is 0.0224. The van der Waals surface area contributed by atoms with Gasteiger partial charge in [-0.2, -0.15) is 0 Å². The lowest BCUT2D eigenvalue weighted by atomic mass is 10.0. The van der Waals surface area contributed by atoms with Gasteiger partial charge < -0.3 is 15.0 Å². The van der Waals surface area contributed by atoms with Gasteiger partial charge in [-0.1, -0.05) is 13.8 Å². The largest absolute Gasteiger partial charge is 0.377 e. The van der Waals surface area contributed by atoms with Gasteiger partial charge in [0.2, 0.25) is 0 Å². The predicted octanol–water partition coefficient (Wildman–Crippen LogP) is 1.34. The van der Waals surface area contributed by atoms with Crippen molar-refractivity contribution >= 4 is 0 Å². The van der Waals surface area contributed by atoms with Crippen LogP contribution in [0.5, 0.6) is 0 Å². The molecule has 0 aromatic heterocycles. The van der Waals surface area contributed by atoms with Gasteiger partial charge >= 0.3 is 0 Å². The first-order chi connectivity index (χ1) is 7.75. The second kappa shape index (κ2) is 5.99. The lowest BCUT2D eigenvalue weighted by Gasteiger charge is -2.24. The summed E-state index contributed by atoms with van der Waals surface area (Å²) in [7, 11) is 0. The van der Waals surface area contributed by atoms with Crippen molar-refractivity contribution in [1.29, 1.82) is 0 Å². The summed E-state index contributed by atoms with van der Waals surface area (Å²) in [5.74, 6) is 1.72. The molecule has 3 heteroatoms. The molecule has 2 atom stereocenters. The molecule has 0 spiro atoms. The van der Waals surface area contributed by atoms with Crippen molar-refractivity contribution in [3.63, 3.8) is 0 Å². The van der Waals surface area contributed by atoms with Crippen molar-refractivity contribution in [1.82, 2.24) is 10.2 Å². The topological polar surface area (TPSA) is 24.5 Å². The summed E-state index contributed by atoms with van der Waals surface area (Å²) >= 11 is 0. The van der Waals surface area contributed by atoms with Crippen LogP contribution in [0.4, 0.5) is 0 Å². The highest BCUT2D eigenvalue weighted by molar-refractivity contribution is 4.78. The summed E-state index contributed by atoms with van der Waals surface area (Å²) in [4.78, 5) is 2.55. The van der Waals surface area contributed by atoms with Crippen molar-refractivity contribution in [3.05, 3.63) is 0 Å². The number of rotatable bonds is 4. The fourth-order valence-corrected chi connectivity index (χ4v) is 2.74. The summed E-state index contributed by atoms with van der Waals surface area (Å²) in [5.41, 5.74) is 0. The fourth-order valence-electron chi connectivity index (χ4n) is 2.74. The molecule has 0 amide bonds. The van der Waals surface area contributed by atoms with E-state index in [1.54, 1.807) is 0 Å². The van der Waals surface area contributed by atoms with Gasteiger partial charge in [-0.05, 0) is 37.8 Å². The quantitative estimate of drug-likeness (QED) is 0.783. The van der Waals surface area contributed by atoms with Gasteiger partial charge in [-0.25, -0.2) is 0 Å². The zero-order chi connectivity index (χ0) is 11.4. The lowest BCUT2D eigenvalue weighted by Crippen LogP contribution is -2.34. The Morgan fingerprint density at radius 3 is 2.38 bits per heavy atom. The Morgan fingerprint density at radius 2 is 1.75 bits per heavy atom. The normalized spacial score (nSPS) is 33.4. The molecule has 0 aliphatic carbocycles. The van der Waals surface area contributed by atoms with E-state index in [-0.39, 0.29) is 0 Å². The van der Waals surface area contributed by atoms with Gasteiger partial charge in [-0.15, -0.1) is 0 Å². The SMILES string of the molecule is CC1CN(CCOC2CCNCC2)CC1C. The van der Waals surface area contributed by atoms with Crippen LogP contribution in [0.3, 0.4) is 0 Å². The first kappa shape index (κ1) is 12.3. The minimum absolute atomic E-state index is 0.513. The monoisotopic (exact) mass is 226 g/mol. The van der Waals surface area contributed by atoms with Crippen LogP contribution < -0.4 is 5.32 Å². The van der Waals surface area contributed by atoms with Gasteiger partial charge in [0.1, 0.15) is 0 Å². The smallest absolute Gasteiger partial charge is 0.0600 e. The molecule has 0 radical (unpaired) electrons. The number of ether oxygens (including phenoxy) is 1. The van der Waals surface area contributed by atoms with E-state index in [9.17, 15) is 0 Å². The van der Waals surface area contributed by atoms with E-state index in [1.165, 1.54) is 25.9 Å². The van der Waals surface area contributed by atoms with Crippen LogP contribution in [-0.2, 0) is 4.74 Å². The molecule has 0 saturated carbocycles. The molecule has 2 fully saturated rings. The molecular weight excluding hydrogens is 200 g/mol. The summed E-state index contributed by atoms with van der Waals surface area (Å²) in [6, 6.07) is 0. The summed E-state index contributed by atoms with van der Waals surface area (Å²) in [6.07, 6.45) is 2.89. The van der Waals surface area contributed by atoms with Gasteiger partial charge in [-0.3, -0.25) is 0 Å². The van der Waals surface area contributed by atoms with Crippen LogP contribution in [0, 0.1) is 11.8 Å². The predicted molar refractivity (Wildman–Crippen MR) is 66.6 cm³/mol.